The standard InChI is InChI=1S/C22H25F2NO3.C2H6/c23-16-3-7-20-14(11-16)1-5-18(27-20)9-10-25-13-19(26)22-6-2-15-12-17(24)4-8-21(15)28-22;1-2/h3-4,7-8,11-12,18-19,22,25-26H,1-2,5-6,9-10,13H2;1-2H3. The summed E-state index contributed by atoms with van der Waals surface area (Å²) in [6.45, 7) is 5.14. The summed E-state index contributed by atoms with van der Waals surface area (Å²) < 4.78 is 38.3. The first-order valence-electron chi connectivity index (χ1n) is 10.9. The normalized spacial score (nSPS) is 20.6. The van der Waals surface area contributed by atoms with Gasteiger partial charge in [0.2, 0.25) is 0 Å². The molecule has 6 heteroatoms. The molecule has 164 valence electrons. The Kier molecular flexibility index (Phi) is 8.05. The van der Waals surface area contributed by atoms with Gasteiger partial charge in [-0.25, -0.2) is 8.78 Å². The van der Waals surface area contributed by atoms with E-state index in [1.54, 1.807) is 12.1 Å². The van der Waals surface area contributed by atoms with E-state index in [-0.39, 0.29) is 23.8 Å². The Hall–Kier alpha value is -2.18. The summed E-state index contributed by atoms with van der Waals surface area (Å²) in [5, 5.41) is 13.7. The third kappa shape index (κ3) is 5.70. The van der Waals surface area contributed by atoms with Crippen LogP contribution in [0.4, 0.5) is 8.78 Å². The number of aryl methyl sites for hydroxylation is 2. The molecule has 2 aromatic carbocycles. The highest BCUT2D eigenvalue weighted by molar-refractivity contribution is 5.36. The average molecular weight is 420 g/mol. The highest BCUT2D eigenvalue weighted by atomic mass is 19.1. The minimum Gasteiger partial charge on any atom is -0.490 e. The van der Waals surface area contributed by atoms with Crippen LogP contribution in [0.15, 0.2) is 36.4 Å². The summed E-state index contributed by atoms with van der Waals surface area (Å²) in [5.41, 5.74) is 1.78. The van der Waals surface area contributed by atoms with Gasteiger partial charge in [-0.3, -0.25) is 0 Å². The second-order valence-electron chi connectivity index (χ2n) is 7.54. The van der Waals surface area contributed by atoms with Gasteiger partial charge in [0.15, 0.2) is 0 Å². The van der Waals surface area contributed by atoms with Crippen molar-refractivity contribution in [2.24, 2.45) is 0 Å². The minimum atomic E-state index is -0.630. The SMILES string of the molecule is CC.OC(CNCCC1CCc2cc(F)ccc2O1)C1CCc2cc(F)ccc2O1. The van der Waals surface area contributed by atoms with E-state index in [0.29, 0.717) is 31.7 Å². The lowest BCUT2D eigenvalue weighted by molar-refractivity contribution is 0.0240. The van der Waals surface area contributed by atoms with E-state index in [1.165, 1.54) is 24.3 Å². The van der Waals surface area contributed by atoms with Gasteiger partial charge in [-0.2, -0.15) is 0 Å². The van der Waals surface area contributed by atoms with Crippen molar-refractivity contribution in [1.29, 1.82) is 0 Å². The number of aliphatic hydroxyl groups is 1. The van der Waals surface area contributed by atoms with Crippen LogP contribution in [-0.2, 0) is 12.8 Å². The third-order valence-electron chi connectivity index (χ3n) is 5.48. The molecule has 2 aromatic rings. The van der Waals surface area contributed by atoms with E-state index in [9.17, 15) is 13.9 Å². The Morgan fingerprint density at radius 2 is 1.57 bits per heavy atom. The fraction of sp³-hybridized carbons (Fsp3) is 0.500. The van der Waals surface area contributed by atoms with Gasteiger partial charge in [-0.05, 0) is 86.2 Å². The fourth-order valence-corrected chi connectivity index (χ4v) is 3.91. The monoisotopic (exact) mass is 419 g/mol. The molecule has 0 bridgehead atoms. The van der Waals surface area contributed by atoms with Gasteiger partial charge in [-0.1, -0.05) is 13.8 Å². The van der Waals surface area contributed by atoms with Gasteiger partial charge in [0.1, 0.15) is 41.4 Å². The van der Waals surface area contributed by atoms with Gasteiger partial charge in [0, 0.05) is 6.54 Å². The number of hydrogen-bond donors (Lipinski definition) is 2. The number of aliphatic hydroxyl groups excluding tert-OH is 1. The van der Waals surface area contributed by atoms with Crippen LogP contribution >= 0.6 is 0 Å². The number of halogens is 2. The molecule has 2 aliphatic heterocycles. The van der Waals surface area contributed by atoms with Crippen LogP contribution in [0.3, 0.4) is 0 Å². The van der Waals surface area contributed by atoms with Crippen molar-refractivity contribution in [3.05, 3.63) is 59.2 Å². The van der Waals surface area contributed by atoms with Crippen LogP contribution in [0.2, 0.25) is 0 Å². The molecule has 30 heavy (non-hydrogen) atoms. The lowest BCUT2D eigenvalue weighted by Gasteiger charge is -2.30. The molecule has 3 unspecified atom stereocenters. The number of ether oxygens (including phenoxy) is 2. The lowest BCUT2D eigenvalue weighted by Crippen LogP contribution is -2.42. The first kappa shape index (κ1) is 22.5. The van der Waals surface area contributed by atoms with Crippen LogP contribution in [0.5, 0.6) is 11.5 Å². The summed E-state index contributed by atoms with van der Waals surface area (Å²) in [4.78, 5) is 0. The maximum Gasteiger partial charge on any atom is 0.126 e. The number of nitrogens with one attached hydrogen (secondary N) is 1. The highest BCUT2D eigenvalue weighted by Gasteiger charge is 2.26. The Morgan fingerprint density at radius 3 is 2.23 bits per heavy atom. The Bertz CT molecular complexity index is 830. The van der Waals surface area contributed by atoms with Crippen molar-refractivity contribution in [3.8, 4) is 11.5 Å². The predicted octanol–water partition coefficient (Wildman–Crippen LogP) is 4.42. The topological polar surface area (TPSA) is 50.7 Å². The van der Waals surface area contributed by atoms with Crippen LogP contribution in [0, 0.1) is 11.6 Å². The van der Waals surface area contributed by atoms with E-state index in [0.717, 1.165) is 36.1 Å². The zero-order chi connectivity index (χ0) is 21.5. The molecule has 0 amide bonds. The molecule has 0 aromatic heterocycles. The van der Waals surface area contributed by atoms with Gasteiger partial charge in [0.25, 0.3) is 0 Å². The van der Waals surface area contributed by atoms with Crippen molar-refractivity contribution in [2.45, 2.75) is 64.3 Å². The van der Waals surface area contributed by atoms with Crippen molar-refractivity contribution >= 4 is 0 Å². The van der Waals surface area contributed by atoms with Gasteiger partial charge < -0.3 is 19.9 Å². The first-order valence-corrected chi connectivity index (χ1v) is 10.9. The molecule has 0 saturated heterocycles. The maximum absolute atomic E-state index is 13.3. The van der Waals surface area contributed by atoms with Crippen LogP contribution in [-0.4, -0.2) is 36.5 Å². The molecule has 0 saturated carbocycles. The van der Waals surface area contributed by atoms with E-state index in [2.05, 4.69) is 5.32 Å². The molecular formula is C24H31F2NO3. The molecule has 2 aliphatic rings. The minimum absolute atomic E-state index is 0.0929. The van der Waals surface area contributed by atoms with E-state index >= 15 is 0 Å². The Balaban J connectivity index is 0.00000124. The van der Waals surface area contributed by atoms with Crippen molar-refractivity contribution in [1.82, 2.24) is 5.32 Å². The predicted molar refractivity (Wildman–Crippen MR) is 113 cm³/mol. The van der Waals surface area contributed by atoms with Crippen LogP contribution < -0.4 is 14.8 Å². The molecule has 0 fully saturated rings. The summed E-state index contributed by atoms with van der Waals surface area (Å²) in [6, 6.07) is 9.15. The van der Waals surface area contributed by atoms with Crippen molar-refractivity contribution < 1.29 is 23.4 Å². The van der Waals surface area contributed by atoms with Crippen molar-refractivity contribution in [2.75, 3.05) is 13.1 Å². The quantitative estimate of drug-likeness (QED) is 0.681. The second kappa shape index (κ2) is 10.7. The van der Waals surface area contributed by atoms with Crippen LogP contribution in [0.1, 0.15) is 44.2 Å². The largest absolute Gasteiger partial charge is 0.490 e. The smallest absolute Gasteiger partial charge is 0.126 e. The molecule has 3 atom stereocenters. The molecular weight excluding hydrogens is 388 g/mol. The van der Waals surface area contributed by atoms with Crippen LogP contribution in [0.25, 0.3) is 0 Å². The first-order chi connectivity index (χ1) is 14.6. The molecule has 2 heterocycles. The van der Waals surface area contributed by atoms with Gasteiger partial charge >= 0.3 is 0 Å². The maximum atomic E-state index is 13.3. The molecule has 4 nitrogen and oxygen atoms in total. The van der Waals surface area contributed by atoms with E-state index < -0.39 is 6.10 Å². The Labute approximate surface area is 177 Å². The van der Waals surface area contributed by atoms with E-state index in [1.807, 2.05) is 13.8 Å². The molecule has 0 spiro atoms. The summed E-state index contributed by atoms with van der Waals surface area (Å²) >= 11 is 0. The third-order valence-corrected chi connectivity index (χ3v) is 5.48. The Morgan fingerprint density at radius 1 is 0.967 bits per heavy atom. The zero-order valence-electron chi connectivity index (χ0n) is 17.7. The molecule has 0 aliphatic carbocycles. The fourth-order valence-electron chi connectivity index (χ4n) is 3.91. The number of hydrogen-bond acceptors (Lipinski definition) is 4. The molecule has 4 rings (SSSR count). The number of fused-ring (bicyclic) bond motifs is 2. The molecule has 0 radical (unpaired) electrons. The molecule has 2 N–H and O–H groups in total. The number of benzene rings is 2. The lowest BCUT2D eigenvalue weighted by atomic mass is 9.98. The van der Waals surface area contributed by atoms with Crippen molar-refractivity contribution in [3.63, 3.8) is 0 Å². The number of rotatable bonds is 6. The summed E-state index contributed by atoms with van der Waals surface area (Å²) in [5.74, 6) is 0.931. The van der Waals surface area contributed by atoms with Gasteiger partial charge in [0.05, 0.1) is 0 Å². The summed E-state index contributed by atoms with van der Waals surface area (Å²) in [6.07, 6.45) is 3.03. The highest BCUT2D eigenvalue weighted by Crippen LogP contribution is 2.30. The second-order valence-corrected chi connectivity index (χ2v) is 7.54. The zero-order valence-corrected chi connectivity index (χ0v) is 17.7. The average Bonchev–Trinajstić information content (AvgIpc) is 2.77. The van der Waals surface area contributed by atoms with E-state index in [4.69, 9.17) is 9.47 Å². The summed E-state index contributed by atoms with van der Waals surface area (Å²) in [7, 11) is 0. The van der Waals surface area contributed by atoms with Gasteiger partial charge in [-0.15, -0.1) is 0 Å².